The number of carbonyl (C=O) groups excluding carboxylic acids is 1. The molecule has 0 unspecified atom stereocenters. The number of amides is 1. The molecular weight excluding hydrogens is 397 g/mol. The second-order valence-electron chi connectivity index (χ2n) is 6.62. The Morgan fingerprint density at radius 2 is 1.93 bits per heavy atom. The largest absolute Gasteiger partial charge is 0.322 e. The third-order valence-corrected chi connectivity index (χ3v) is 4.26. The smallest absolute Gasteiger partial charge is 0.256 e. The van der Waals surface area contributed by atoms with Gasteiger partial charge in [0.25, 0.3) is 5.91 Å². The van der Waals surface area contributed by atoms with Crippen molar-refractivity contribution in [1.82, 2.24) is 20.1 Å². The summed E-state index contributed by atoms with van der Waals surface area (Å²) in [5, 5.41) is 11.5. The molecule has 1 amide bonds. The predicted molar refractivity (Wildman–Crippen MR) is 119 cm³/mol. The molecule has 0 bridgehead atoms. The molecule has 1 aromatic carbocycles. The van der Waals surface area contributed by atoms with Crippen LogP contribution >= 0.6 is 24.8 Å². The lowest BCUT2D eigenvalue weighted by molar-refractivity contribution is 0.102. The number of hydrogen-bond acceptors (Lipinski definition) is 4. The van der Waals surface area contributed by atoms with Crippen molar-refractivity contribution in [2.75, 3.05) is 11.9 Å². The number of fused-ring (bicyclic) bond motifs is 1. The van der Waals surface area contributed by atoms with Gasteiger partial charge in [0, 0.05) is 24.0 Å². The molecular formula is C20H27Cl2N5O. The van der Waals surface area contributed by atoms with E-state index < -0.39 is 0 Å². The van der Waals surface area contributed by atoms with Gasteiger partial charge in [0.15, 0.2) is 5.65 Å². The fourth-order valence-corrected chi connectivity index (χ4v) is 2.95. The van der Waals surface area contributed by atoms with Crippen LogP contribution in [0.5, 0.6) is 0 Å². The van der Waals surface area contributed by atoms with Gasteiger partial charge in [-0.05, 0) is 45.0 Å². The van der Waals surface area contributed by atoms with Crippen molar-refractivity contribution in [3.8, 4) is 0 Å². The lowest BCUT2D eigenvalue weighted by atomic mass is 10.1. The topological polar surface area (TPSA) is 71.8 Å². The van der Waals surface area contributed by atoms with Crippen molar-refractivity contribution in [1.29, 1.82) is 0 Å². The molecule has 3 rings (SSSR count). The number of nitrogens with one attached hydrogen (secondary N) is 2. The van der Waals surface area contributed by atoms with E-state index in [1.165, 1.54) is 0 Å². The summed E-state index contributed by atoms with van der Waals surface area (Å²) in [5.41, 5.74) is 4.01. The van der Waals surface area contributed by atoms with E-state index in [2.05, 4.69) is 27.6 Å². The summed E-state index contributed by atoms with van der Waals surface area (Å²) in [4.78, 5) is 17.6. The first kappa shape index (κ1) is 23.9. The lowest BCUT2D eigenvalue weighted by Gasteiger charge is -2.12. The molecule has 0 saturated carbocycles. The first-order valence-corrected chi connectivity index (χ1v) is 8.96. The average molecular weight is 424 g/mol. The summed E-state index contributed by atoms with van der Waals surface area (Å²) in [7, 11) is 0. The Hall–Kier alpha value is -2.15. The molecule has 0 aliphatic heterocycles. The van der Waals surface area contributed by atoms with Crippen LogP contribution < -0.4 is 10.6 Å². The van der Waals surface area contributed by atoms with Crippen molar-refractivity contribution >= 4 is 47.4 Å². The number of nitrogens with zero attached hydrogens (tertiary/aromatic N) is 3. The Morgan fingerprint density at radius 1 is 1.21 bits per heavy atom. The second kappa shape index (κ2) is 10.4. The number of hydrogen-bond donors (Lipinski definition) is 2. The minimum absolute atomic E-state index is 0. The summed E-state index contributed by atoms with van der Waals surface area (Å²) in [6, 6.07) is 9.84. The molecule has 0 fully saturated rings. The number of pyridine rings is 1. The highest BCUT2D eigenvalue weighted by Crippen LogP contribution is 2.23. The molecule has 2 N–H and O–H groups in total. The Labute approximate surface area is 177 Å². The zero-order valence-electron chi connectivity index (χ0n) is 16.5. The number of anilines is 1. The van der Waals surface area contributed by atoms with Crippen molar-refractivity contribution in [2.45, 2.75) is 40.3 Å². The summed E-state index contributed by atoms with van der Waals surface area (Å²) >= 11 is 0. The summed E-state index contributed by atoms with van der Waals surface area (Å²) < 4.78 is 1.85. The van der Waals surface area contributed by atoms with E-state index in [9.17, 15) is 4.79 Å². The van der Waals surface area contributed by atoms with E-state index in [0.29, 0.717) is 12.1 Å². The zero-order valence-corrected chi connectivity index (χ0v) is 18.2. The van der Waals surface area contributed by atoms with Crippen LogP contribution in [-0.2, 0) is 6.54 Å². The molecule has 0 atom stereocenters. The van der Waals surface area contributed by atoms with Crippen molar-refractivity contribution in [3.63, 3.8) is 0 Å². The van der Waals surface area contributed by atoms with Crippen LogP contribution in [0.1, 0.15) is 48.4 Å². The maximum Gasteiger partial charge on any atom is 0.256 e. The molecule has 3 aromatic rings. The van der Waals surface area contributed by atoms with Crippen LogP contribution in [0.15, 0.2) is 36.5 Å². The SMILES string of the molecule is CCNCc1ccccc1NC(=O)c1cc(C)nc2c1cnn2C(C)C.Cl.Cl. The maximum absolute atomic E-state index is 13.0. The average Bonchev–Trinajstić information content (AvgIpc) is 3.04. The Balaban J connectivity index is 0.00000196. The van der Waals surface area contributed by atoms with Gasteiger partial charge >= 0.3 is 0 Å². The Bertz CT molecular complexity index is 939. The summed E-state index contributed by atoms with van der Waals surface area (Å²) in [6.45, 7) is 9.64. The number of benzene rings is 1. The number of aromatic nitrogens is 3. The highest BCUT2D eigenvalue weighted by Gasteiger charge is 2.17. The van der Waals surface area contributed by atoms with Crippen LogP contribution in [0.4, 0.5) is 5.69 Å². The number of para-hydroxylation sites is 1. The molecule has 28 heavy (non-hydrogen) atoms. The van der Waals surface area contributed by atoms with Crippen LogP contribution in [-0.4, -0.2) is 27.2 Å². The number of halogens is 2. The van der Waals surface area contributed by atoms with Gasteiger partial charge in [-0.3, -0.25) is 4.79 Å². The van der Waals surface area contributed by atoms with E-state index in [0.717, 1.165) is 34.5 Å². The monoisotopic (exact) mass is 423 g/mol. The Morgan fingerprint density at radius 3 is 2.61 bits per heavy atom. The quantitative estimate of drug-likeness (QED) is 0.610. The maximum atomic E-state index is 13.0. The molecule has 0 saturated heterocycles. The highest BCUT2D eigenvalue weighted by molar-refractivity contribution is 6.12. The first-order chi connectivity index (χ1) is 12.5. The molecule has 6 nitrogen and oxygen atoms in total. The van der Waals surface area contributed by atoms with E-state index in [1.807, 2.05) is 55.8 Å². The fraction of sp³-hybridized carbons (Fsp3) is 0.350. The fourth-order valence-electron chi connectivity index (χ4n) is 2.95. The first-order valence-electron chi connectivity index (χ1n) is 8.96. The zero-order chi connectivity index (χ0) is 18.7. The lowest BCUT2D eigenvalue weighted by Crippen LogP contribution is -2.17. The number of aryl methyl sites for hydroxylation is 1. The third-order valence-electron chi connectivity index (χ3n) is 4.26. The van der Waals surface area contributed by atoms with E-state index in [4.69, 9.17) is 0 Å². The molecule has 0 aliphatic carbocycles. The van der Waals surface area contributed by atoms with E-state index in [1.54, 1.807) is 6.20 Å². The van der Waals surface area contributed by atoms with Gasteiger partial charge in [0.05, 0.1) is 17.1 Å². The van der Waals surface area contributed by atoms with E-state index in [-0.39, 0.29) is 36.8 Å². The minimum Gasteiger partial charge on any atom is -0.322 e. The van der Waals surface area contributed by atoms with Gasteiger partial charge in [0.1, 0.15) is 0 Å². The Kier molecular flexibility index (Phi) is 8.88. The van der Waals surface area contributed by atoms with Crippen LogP contribution in [0.25, 0.3) is 11.0 Å². The normalized spacial score (nSPS) is 10.5. The van der Waals surface area contributed by atoms with Gasteiger partial charge in [-0.15, -0.1) is 24.8 Å². The molecule has 0 radical (unpaired) electrons. The number of carbonyl (C=O) groups is 1. The van der Waals surface area contributed by atoms with Crippen molar-refractivity contribution < 1.29 is 4.79 Å². The van der Waals surface area contributed by atoms with Gasteiger partial charge in [0.2, 0.25) is 0 Å². The van der Waals surface area contributed by atoms with Crippen LogP contribution in [0, 0.1) is 6.92 Å². The molecule has 0 aliphatic rings. The standard InChI is InChI=1S/C20H25N5O.2ClH/c1-5-21-11-15-8-6-7-9-18(15)24-20(26)16-10-14(4)23-19-17(16)12-22-25(19)13(2)3;;/h6-10,12-13,21H,5,11H2,1-4H3,(H,24,26);2*1H. The van der Waals surface area contributed by atoms with E-state index >= 15 is 0 Å². The summed E-state index contributed by atoms with van der Waals surface area (Å²) in [6.07, 6.45) is 1.72. The minimum atomic E-state index is -0.146. The number of rotatable bonds is 6. The van der Waals surface area contributed by atoms with Gasteiger partial charge in [-0.1, -0.05) is 25.1 Å². The van der Waals surface area contributed by atoms with Crippen molar-refractivity contribution in [3.05, 3.63) is 53.3 Å². The third kappa shape index (κ3) is 5.01. The molecule has 2 heterocycles. The van der Waals surface area contributed by atoms with Crippen molar-refractivity contribution in [2.24, 2.45) is 0 Å². The molecule has 152 valence electrons. The summed E-state index contributed by atoms with van der Waals surface area (Å²) in [5.74, 6) is -0.146. The van der Waals surface area contributed by atoms with Crippen LogP contribution in [0.2, 0.25) is 0 Å². The highest BCUT2D eigenvalue weighted by atomic mass is 35.5. The predicted octanol–water partition coefficient (Wildman–Crippen LogP) is 4.53. The molecule has 8 heteroatoms. The second-order valence-corrected chi connectivity index (χ2v) is 6.62. The molecule has 2 aromatic heterocycles. The van der Waals surface area contributed by atoms with Gasteiger partial charge in [-0.2, -0.15) is 5.10 Å². The molecule has 0 spiro atoms. The van der Waals surface area contributed by atoms with Gasteiger partial charge < -0.3 is 10.6 Å². The van der Waals surface area contributed by atoms with Crippen LogP contribution in [0.3, 0.4) is 0 Å². The van der Waals surface area contributed by atoms with Gasteiger partial charge in [-0.25, -0.2) is 9.67 Å².